The number of amides is 1. The van der Waals surface area contributed by atoms with E-state index in [1.807, 2.05) is 20.8 Å². The Kier molecular flexibility index (Phi) is 5.38. The molecule has 6 nitrogen and oxygen atoms in total. The quantitative estimate of drug-likeness (QED) is 0.849. The van der Waals surface area contributed by atoms with Gasteiger partial charge in [0.25, 0.3) is 5.91 Å². The molecule has 0 unspecified atom stereocenters. The predicted molar refractivity (Wildman–Crippen MR) is 93.7 cm³/mol. The summed E-state index contributed by atoms with van der Waals surface area (Å²) in [5.74, 6) is -0.321. The van der Waals surface area contributed by atoms with E-state index in [9.17, 15) is 23.1 Å². The van der Waals surface area contributed by atoms with Gasteiger partial charge >= 0.3 is 6.18 Å². The highest BCUT2D eigenvalue weighted by Crippen LogP contribution is 2.30. The van der Waals surface area contributed by atoms with Crippen LogP contribution in [0.15, 0.2) is 24.4 Å². The van der Waals surface area contributed by atoms with Crippen molar-refractivity contribution in [1.29, 1.82) is 0 Å². The van der Waals surface area contributed by atoms with Gasteiger partial charge in [0.2, 0.25) is 0 Å². The molecule has 2 rings (SSSR count). The zero-order valence-corrected chi connectivity index (χ0v) is 15.8. The van der Waals surface area contributed by atoms with Crippen molar-refractivity contribution in [2.45, 2.75) is 51.7 Å². The second kappa shape index (κ2) is 6.95. The Labute approximate surface area is 155 Å². The molecule has 0 spiro atoms. The van der Waals surface area contributed by atoms with Gasteiger partial charge in [0, 0.05) is 11.6 Å². The highest BCUT2D eigenvalue weighted by Gasteiger charge is 2.31. The van der Waals surface area contributed by atoms with Crippen molar-refractivity contribution in [1.82, 2.24) is 20.1 Å². The third kappa shape index (κ3) is 4.85. The summed E-state index contributed by atoms with van der Waals surface area (Å²) in [6.45, 7) is 8.73. The maximum absolute atomic E-state index is 12.8. The van der Waals surface area contributed by atoms with E-state index in [2.05, 4.69) is 15.4 Å². The van der Waals surface area contributed by atoms with Crippen LogP contribution >= 0.6 is 0 Å². The molecule has 148 valence electrons. The molecule has 0 aliphatic heterocycles. The van der Waals surface area contributed by atoms with Crippen LogP contribution in [0.25, 0.3) is 5.82 Å². The Morgan fingerprint density at radius 3 is 2.26 bits per heavy atom. The third-order valence-corrected chi connectivity index (χ3v) is 3.85. The van der Waals surface area contributed by atoms with Crippen LogP contribution in [0.5, 0.6) is 0 Å². The van der Waals surface area contributed by atoms with E-state index >= 15 is 0 Å². The van der Waals surface area contributed by atoms with Crippen molar-refractivity contribution in [3.63, 3.8) is 0 Å². The lowest BCUT2D eigenvalue weighted by atomic mass is 9.91. The van der Waals surface area contributed by atoms with Gasteiger partial charge in [-0.25, -0.2) is 9.67 Å². The Morgan fingerprint density at radius 2 is 1.81 bits per heavy atom. The van der Waals surface area contributed by atoms with Crippen molar-refractivity contribution in [3.05, 3.63) is 41.3 Å². The summed E-state index contributed by atoms with van der Waals surface area (Å²) in [4.78, 5) is 16.3. The van der Waals surface area contributed by atoms with Crippen molar-refractivity contribution in [2.75, 3.05) is 6.61 Å². The van der Waals surface area contributed by atoms with Gasteiger partial charge in [-0.2, -0.15) is 18.3 Å². The number of carbonyl (C=O) groups is 1. The van der Waals surface area contributed by atoms with Gasteiger partial charge in [-0.1, -0.05) is 20.8 Å². The number of carbonyl (C=O) groups excluding carboxylic acids is 1. The number of rotatable bonds is 4. The molecule has 0 aliphatic rings. The van der Waals surface area contributed by atoms with Crippen LogP contribution in [-0.4, -0.2) is 37.9 Å². The first-order chi connectivity index (χ1) is 12.2. The van der Waals surface area contributed by atoms with Gasteiger partial charge in [0.05, 0.1) is 23.4 Å². The van der Waals surface area contributed by atoms with Gasteiger partial charge in [-0.15, -0.1) is 0 Å². The van der Waals surface area contributed by atoms with Crippen LogP contribution in [0.4, 0.5) is 13.2 Å². The maximum atomic E-state index is 12.8. The summed E-state index contributed by atoms with van der Waals surface area (Å²) in [6.07, 6.45) is -3.75. The average Bonchev–Trinajstić information content (AvgIpc) is 2.99. The number of nitrogens with zero attached hydrogens (tertiary/aromatic N) is 3. The second-order valence-electron chi connectivity index (χ2n) is 7.98. The summed E-state index contributed by atoms with van der Waals surface area (Å²) in [5.41, 5.74) is -1.44. The molecule has 9 heteroatoms. The average molecular weight is 384 g/mol. The van der Waals surface area contributed by atoms with Crippen LogP contribution in [0.2, 0.25) is 0 Å². The molecule has 27 heavy (non-hydrogen) atoms. The molecule has 2 aromatic heterocycles. The summed E-state index contributed by atoms with van der Waals surface area (Å²) >= 11 is 0. The number of aromatic nitrogens is 3. The highest BCUT2D eigenvalue weighted by molar-refractivity contribution is 5.93. The largest absolute Gasteiger partial charge is 0.417 e. The SMILES string of the molecule is CC(C)(CO)NC(=O)c1cc(C(C)(C)C)n(-c2ccc(C(F)(F)F)cn2)n1. The number of nitrogens with one attached hydrogen (secondary N) is 1. The molecule has 1 amide bonds. The highest BCUT2D eigenvalue weighted by atomic mass is 19.4. The molecule has 2 N–H and O–H groups in total. The van der Waals surface area contributed by atoms with E-state index in [0.717, 1.165) is 12.3 Å². The van der Waals surface area contributed by atoms with E-state index in [1.54, 1.807) is 19.9 Å². The van der Waals surface area contributed by atoms with Gasteiger partial charge in [-0.3, -0.25) is 4.79 Å². The number of alkyl halides is 3. The first-order valence-electron chi connectivity index (χ1n) is 8.32. The van der Waals surface area contributed by atoms with Gasteiger partial charge in [-0.05, 0) is 32.0 Å². The number of pyridine rings is 1. The summed E-state index contributed by atoms with van der Waals surface area (Å²) in [5, 5.41) is 16.2. The summed E-state index contributed by atoms with van der Waals surface area (Å²) in [7, 11) is 0. The summed E-state index contributed by atoms with van der Waals surface area (Å²) in [6, 6.07) is 3.71. The fourth-order valence-electron chi connectivity index (χ4n) is 2.29. The van der Waals surface area contributed by atoms with Crippen molar-refractivity contribution < 1.29 is 23.1 Å². The standard InChI is InChI=1S/C18H23F3N4O2/c1-16(2,3)13-8-12(15(27)23-17(4,5)10-26)24-25(13)14-7-6-11(9-22-14)18(19,20)21/h6-9,26H,10H2,1-5H3,(H,23,27). The van der Waals surface area contributed by atoms with E-state index in [-0.39, 0.29) is 18.1 Å². The predicted octanol–water partition coefficient (Wildman–Crippen LogP) is 3.08. The first-order valence-corrected chi connectivity index (χ1v) is 8.32. The Morgan fingerprint density at radius 1 is 1.19 bits per heavy atom. The monoisotopic (exact) mass is 384 g/mol. The molecule has 0 radical (unpaired) electrons. The minimum atomic E-state index is -4.48. The number of aliphatic hydroxyl groups excluding tert-OH is 1. The van der Waals surface area contributed by atoms with Crippen molar-refractivity contribution in [2.24, 2.45) is 0 Å². The van der Waals surface area contributed by atoms with Crippen molar-refractivity contribution in [3.8, 4) is 5.82 Å². The van der Waals surface area contributed by atoms with Crippen LogP contribution in [0, 0.1) is 0 Å². The Hall–Kier alpha value is -2.42. The molecule has 0 fully saturated rings. The molecular weight excluding hydrogens is 361 g/mol. The first kappa shape index (κ1) is 20.9. The van der Waals surface area contributed by atoms with Gasteiger partial charge in [0.15, 0.2) is 11.5 Å². The second-order valence-corrected chi connectivity index (χ2v) is 7.98. The van der Waals surface area contributed by atoms with Crippen LogP contribution in [-0.2, 0) is 11.6 Å². The number of halogens is 3. The zero-order valence-electron chi connectivity index (χ0n) is 15.8. The number of aliphatic hydroxyl groups is 1. The molecule has 2 heterocycles. The lowest BCUT2D eigenvalue weighted by molar-refractivity contribution is -0.137. The normalized spacial score (nSPS) is 12.9. The Bertz CT molecular complexity index is 819. The molecule has 0 atom stereocenters. The van der Waals surface area contributed by atoms with E-state index in [4.69, 9.17) is 0 Å². The molecule has 0 bridgehead atoms. The van der Waals surface area contributed by atoms with Gasteiger partial charge in [0.1, 0.15) is 0 Å². The minimum absolute atomic E-state index is 0.0862. The topological polar surface area (TPSA) is 80.0 Å². The van der Waals surface area contributed by atoms with Crippen molar-refractivity contribution >= 4 is 5.91 Å². The molecular formula is C18H23F3N4O2. The van der Waals surface area contributed by atoms with E-state index in [0.29, 0.717) is 5.69 Å². The van der Waals surface area contributed by atoms with Gasteiger partial charge < -0.3 is 10.4 Å². The maximum Gasteiger partial charge on any atom is 0.417 e. The fourth-order valence-corrected chi connectivity index (χ4v) is 2.29. The number of hydrogen-bond donors (Lipinski definition) is 2. The summed E-state index contributed by atoms with van der Waals surface area (Å²) < 4.78 is 39.6. The Balaban J connectivity index is 2.47. The molecule has 2 aromatic rings. The lowest BCUT2D eigenvalue weighted by Gasteiger charge is -2.22. The minimum Gasteiger partial charge on any atom is -0.394 e. The fraction of sp³-hybridized carbons (Fsp3) is 0.500. The van der Waals surface area contributed by atoms with Crippen LogP contribution < -0.4 is 5.32 Å². The molecule has 0 saturated heterocycles. The molecule has 0 aromatic carbocycles. The van der Waals surface area contributed by atoms with E-state index < -0.39 is 28.6 Å². The van der Waals surface area contributed by atoms with E-state index in [1.165, 1.54) is 10.7 Å². The smallest absolute Gasteiger partial charge is 0.394 e. The molecule has 0 saturated carbocycles. The number of hydrogen-bond acceptors (Lipinski definition) is 4. The third-order valence-electron chi connectivity index (χ3n) is 3.85. The van der Waals surface area contributed by atoms with Crippen LogP contribution in [0.1, 0.15) is 56.4 Å². The molecule has 0 aliphatic carbocycles. The zero-order chi connectivity index (χ0) is 20.6. The van der Waals surface area contributed by atoms with Crippen LogP contribution in [0.3, 0.4) is 0 Å². The lowest BCUT2D eigenvalue weighted by Crippen LogP contribution is -2.46.